The van der Waals surface area contributed by atoms with E-state index in [-0.39, 0.29) is 5.88 Å². The number of benzene rings is 3. The summed E-state index contributed by atoms with van der Waals surface area (Å²) in [6, 6.07) is 21.4. The van der Waals surface area contributed by atoms with Gasteiger partial charge in [-0.15, -0.1) is 0 Å². The van der Waals surface area contributed by atoms with Crippen molar-refractivity contribution in [1.82, 2.24) is 4.98 Å². The van der Waals surface area contributed by atoms with E-state index in [1.807, 2.05) is 36.4 Å². The second-order valence-corrected chi connectivity index (χ2v) is 8.38. The molecule has 1 aliphatic rings. The summed E-state index contributed by atoms with van der Waals surface area (Å²) in [6.07, 6.45) is 2.39. The van der Waals surface area contributed by atoms with Crippen molar-refractivity contribution in [1.29, 1.82) is 0 Å². The number of aromatic amines is 1. The molecule has 0 atom stereocenters. The predicted molar refractivity (Wildman–Crippen MR) is 134 cm³/mol. The van der Waals surface area contributed by atoms with Crippen LogP contribution in [0.15, 0.2) is 71.7 Å². The van der Waals surface area contributed by atoms with E-state index in [0.717, 1.165) is 59.7 Å². The number of carbonyl (C=O) groups excluding carboxylic acids is 1. The Balaban J connectivity index is 1.36. The smallest absolute Gasteiger partial charge is 0.248 e. The van der Waals surface area contributed by atoms with Crippen LogP contribution in [0.1, 0.15) is 27.0 Å². The highest BCUT2D eigenvalue weighted by Crippen LogP contribution is 2.28. The summed E-state index contributed by atoms with van der Waals surface area (Å²) >= 11 is 0. The maximum atomic E-state index is 11.3. The van der Waals surface area contributed by atoms with Gasteiger partial charge in [0.1, 0.15) is 0 Å². The molecule has 1 fully saturated rings. The Labute approximate surface area is 197 Å². The number of nitrogens with one attached hydrogen (secondary N) is 1. The van der Waals surface area contributed by atoms with Gasteiger partial charge in [-0.3, -0.25) is 9.79 Å². The molecule has 4 N–H and O–H groups in total. The van der Waals surface area contributed by atoms with E-state index in [1.165, 1.54) is 0 Å². The summed E-state index contributed by atoms with van der Waals surface area (Å²) in [6.45, 7) is 3.29. The van der Waals surface area contributed by atoms with Gasteiger partial charge in [-0.2, -0.15) is 0 Å². The Hall–Kier alpha value is -4.10. The van der Waals surface area contributed by atoms with Crippen LogP contribution in [0.2, 0.25) is 0 Å². The quantitative estimate of drug-likeness (QED) is 0.381. The molecule has 1 aromatic heterocycles. The molecule has 5 rings (SSSR count). The predicted octanol–water partition coefficient (Wildman–Crippen LogP) is 4.15. The number of ether oxygens (including phenoxy) is 1. The van der Waals surface area contributed by atoms with Gasteiger partial charge in [-0.1, -0.05) is 18.2 Å². The fraction of sp³-hybridized carbons (Fsp3) is 0.185. The third-order valence-corrected chi connectivity index (χ3v) is 6.10. The maximum absolute atomic E-state index is 11.3. The molecular weight excluding hydrogens is 428 g/mol. The monoisotopic (exact) mass is 454 g/mol. The average Bonchev–Trinajstić information content (AvgIpc) is 3.18. The highest BCUT2D eigenvalue weighted by atomic mass is 16.5. The Morgan fingerprint density at radius 3 is 2.44 bits per heavy atom. The Morgan fingerprint density at radius 2 is 1.74 bits per heavy atom. The molecule has 0 saturated carbocycles. The van der Waals surface area contributed by atoms with E-state index in [1.54, 1.807) is 18.3 Å². The van der Waals surface area contributed by atoms with Crippen LogP contribution in [-0.2, 0) is 11.2 Å². The van der Waals surface area contributed by atoms with Gasteiger partial charge in [0.25, 0.3) is 0 Å². The van der Waals surface area contributed by atoms with E-state index in [2.05, 4.69) is 33.1 Å². The molecule has 0 bridgehead atoms. The molecule has 0 unspecified atom stereocenters. The van der Waals surface area contributed by atoms with Crippen molar-refractivity contribution in [2.45, 2.75) is 6.42 Å². The number of rotatable bonds is 6. The number of hydrogen-bond donors (Lipinski definition) is 3. The molecule has 7 heteroatoms. The lowest BCUT2D eigenvalue weighted by Gasteiger charge is -2.28. The zero-order valence-corrected chi connectivity index (χ0v) is 18.7. The fourth-order valence-corrected chi connectivity index (χ4v) is 4.22. The van der Waals surface area contributed by atoms with Crippen LogP contribution in [0, 0.1) is 0 Å². The number of anilines is 1. The van der Waals surface area contributed by atoms with Crippen LogP contribution in [0.5, 0.6) is 5.88 Å². The van der Waals surface area contributed by atoms with Gasteiger partial charge in [0.05, 0.1) is 24.5 Å². The van der Waals surface area contributed by atoms with Crippen molar-refractivity contribution in [3.8, 4) is 5.88 Å². The number of primary amides is 1. The number of aromatic nitrogens is 1. The number of amides is 1. The number of morpholine rings is 1. The largest absolute Gasteiger partial charge is 0.494 e. The second kappa shape index (κ2) is 9.41. The highest BCUT2D eigenvalue weighted by molar-refractivity contribution is 6.03. The molecule has 34 heavy (non-hydrogen) atoms. The number of aromatic hydroxyl groups is 1. The van der Waals surface area contributed by atoms with E-state index in [9.17, 15) is 9.90 Å². The molecule has 1 aliphatic heterocycles. The molecular formula is C27H26N4O3. The van der Waals surface area contributed by atoms with Gasteiger partial charge >= 0.3 is 0 Å². The normalized spacial score (nSPS) is 14.2. The minimum absolute atomic E-state index is 0.0895. The summed E-state index contributed by atoms with van der Waals surface area (Å²) in [4.78, 5) is 21.2. The number of nitrogens with zero attached hydrogens (tertiary/aromatic N) is 2. The maximum Gasteiger partial charge on any atom is 0.248 e. The van der Waals surface area contributed by atoms with Crippen molar-refractivity contribution >= 4 is 34.4 Å². The minimum Gasteiger partial charge on any atom is -0.494 e. The van der Waals surface area contributed by atoms with Crippen LogP contribution in [-0.4, -0.2) is 48.5 Å². The van der Waals surface area contributed by atoms with Gasteiger partial charge in [0.15, 0.2) is 5.88 Å². The van der Waals surface area contributed by atoms with Crippen molar-refractivity contribution in [2.75, 3.05) is 31.2 Å². The zero-order chi connectivity index (χ0) is 23.5. The molecule has 1 saturated heterocycles. The van der Waals surface area contributed by atoms with Crippen molar-refractivity contribution in [3.05, 3.63) is 89.0 Å². The lowest BCUT2D eigenvalue weighted by atomic mass is 10.0. The highest BCUT2D eigenvalue weighted by Gasteiger charge is 2.12. The molecule has 7 nitrogen and oxygen atoms in total. The summed E-state index contributed by atoms with van der Waals surface area (Å²) in [5.74, 6) is -0.345. The summed E-state index contributed by atoms with van der Waals surface area (Å²) in [7, 11) is 0. The third-order valence-electron chi connectivity index (χ3n) is 6.10. The second-order valence-electron chi connectivity index (χ2n) is 8.38. The average molecular weight is 455 g/mol. The standard InChI is InChI=1S/C27H26N4O3/c28-26(32)20-4-1-18(2-5-20)15-19-3-10-25-23(16-19)24(27(33)30-25)17-29-21-6-8-22(9-7-21)31-11-13-34-14-12-31/h1-10,16-17,30,33H,11-15H2,(H2,28,32). The lowest BCUT2D eigenvalue weighted by molar-refractivity contribution is 0.1000. The van der Waals surface area contributed by atoms with Crippen LogP contribution < -0.4 is 10.6 Å². The van der Waals surface area contributed by atoms with Gasteiger partial charge in [-0.25, -0.2) is 0 Å². The fourth-order valence-electron chi connectivity index (χ4n) is 4.22. The Kier molecular flexibility index (Phi) is 6.01. The molecule has 0 radical (unpaired) electrons. The summed E-state index contributed by atoms with van der Waals surface area (Å²) in [5.41, 5.74) is 11.4. The van der Waals surface area contributed by atoms with Crippen LogP contribution in [0.3, 0.4) is 0 Å². The molecule has 172 valence electrons. The molecule has 2 heterocycles. The molecule has 4 aromatic rings. The van der Waals surface area contributed by atoms with Crippen LogP contribution in [0.4, 0.5) is 11.4 Å². The first-order valence-electron chi connectivity index (χ1n) is 11.3. The first-order valence-corrected chi connectivity index (χ1v) is 11.3. The van der Waals surface area contributed by atoms with E-state index >= 15 is 0 Å². The first-order chi connectivity index (χ1) is 16.6. The number of aliphatic imine (C=N–C) groups is 1. The van der Waals surface area contributed by atoms with E-state index < -0.39 is 5.91 Å². The molecule has 0 aliphatic carbocycles. The van der Waals surface area contributed by atoms with E-state index in [4.69, 9.17) is 10.5 Å². The van der Waals surface area contributed by atoms with Crippen LogP contribution >= 0.6 is 0 Å². The third kappa shape index (κ3) is 4.65. The summed E-state index contributed by atoms with van der Waals surface area (Å²) in [5, 5.41) is 11.4. The van der Waals surface area contributed by atoms with Crippen LogP contribution in [0.25, 0.3) is 10.9 Å². The summed E-state index contributed by atoms with van der Waals surface area (Å²) < 4.78 is 5.42. The molecule has 0 spiro atoms. The number of nitrogens with two attached hydrogens (primary N) is 1. The van der Waals surface area contributed by atoms with E-state index in [0.29, 0.717) is 17.5 Å². The molecule has 1 amide bonds. The first kappa shape index (κ1) is 21.7. The van der Waals surface area contributed by atoms with Crippen molar-refractivity contribution in [2.24, 2.45) is 10.7 Å². The zero-order valence-electron chi connectivity index (χ0n) is 18.7. The minimum atomic E-state index is -0.435. The number of H-pyrrole nitrogens is 1. The number of fused-ring (bicyclic) bond motifs is 1. The van der Waals surface area contributed by atoms with Crippen molar-refractivity contribution in [3.63, 3.8) is 0 Å². The van der Waals surface area contributed by atoms with Gasteiger partial charge in [-0.05, 0) is 66.1 Å². The Bertz CT molecular complexity index is 1340. The lowest BCUT2D eigenvalue weighted by Crippen LogP contribution is -2.36. The van der Waals surface area contributed by atoms with Gasteiger partial charge in [0.2, 0.25) is 5.91 Å². The van der Waals surface area contributed by atoms with Crippen molar-refractivity contribution < 1.29 is 14.6 Å². The number of hydrogen-bond acceptors (Lipinski definition) is 5. The number of carbonyl (C=O) groups is 1. The van der Waals surface area contributed by atoms with Gasteiger partial charge in [0, 0.05) is 41.5 Å². The van der Waals surface area contributed by atoms with Gasteiger partial charge < -0.3 is 25.5 Å². The Morgan fingerprint density at radius 1 is 1.03 bits per heavy atom. The molecule has 3 aromatic carbocycles. The topological polar surface area (TPSA) is 104 Å². The SMILES string of the molecule is NC(=O)c1ccc(Cc2ccc3[nH]c(O)c(C=Nc4ccc(N5CCOCC5)cc4)c3c2)cc1.